The van der Waals surface area contributed by atoms with Crippen molar-refractivity contribution in [3.63, 3.8) is 0 Å². The third-order valence-corrected chi connectivity index (χ3v) is 1.88. The zero-order valence-electron chi connectivity index (χ0n) is 6.90. The molecule has 1 rings (SSSR count). The quantitative estimate of drug-likeness (QED) is 0.354. The van der Waals surface area contributed by atoms with Crippen LogP contribution in [-0.4, -0.2) is 25.1 Å². The Labute approximate surface area is 80.6 Å². The van der Waals surface area contributed by atoms with Crippen LogP contribution < -0.4 is 0 Å². The lowest BCUT2D eigenvalue weighted by Gasteiger charge is -2.22. The second-order valence-corrected chi connectivity index (χ2v) is 3.16. The van der Waals surface area contributed by atoms with E-state index in [2.05, 4.69) is 4.52 Å². The molecule has 0 aliphatic heterocycles. The maximum absolute atomic E-state index is 9.21. The van der Waals surface area contributed by atoms with Crippen LogP contribution >= 0.6 is 8.60 Å². The summed E-state index contributed by atoms with van der Waals surface area (Å²) in [7, 11) is -2.94. The fourth-order valence-corrected chi connectivity index (χ4v) is 1.24. The van der Waals surface area contributed by atoms with Gasteiger partial charge in [-0.15, -0.1) is 0 Å². The SMILES string of the molecule is Oc1ccccc1C(O)(O)OP(O)O. The first-order valence-electron chi connectivity index (χ1n) is 3.53. The van der Waals surface area contributed by atoms with Crippen molar-refractivity contribution in [2.24, 2.45) is 0 Å². The molecule has 0 amide bonds. The lowest BCUT2D eigenvalue weighted by molar-refractivity contribution is -0.307. The van der Waals surface area contributed by atoms with Gasteiger partial charge in [0.15, 0.2) is 0 Å². The molecular weight excluding hydrogens is 211 g/mol. The summed E-state index contributed by atoms with van der Waals surface area (Å²) < 4.78 is 4.03. The Morgan fingerprint density at radius 1 is 1.14 bits per heavy atom. The van der Waals surface area contributed by atoms with Gasteiger partial charge in [0, 0.05) is 0 Å². The second kappa shape index (κ2) is 4.18. The molecule has 0 fully saturated rings. The number of phenols is 1. The van der Waals surface area contributed by atoms with Crippen molar-refractivity contribution in [3.05, 3.63) is 29.8 Å². The van der Waals surface area contributed by atoms with Crippen molar-refractivity contribution >= 4 is 8.60 Å². The molecule has 1 aromatic carbocycles. The van der Waals surface area contributed by atoms with Gasteiger partial charge in [-0.1, -0.05) is 12.1 Å². The number of hydrogen-bond donors (Lipinski definition) is 5. The highest BCUT2D eigenvalue weighted by atomic mass is 31.2. The predicted molar refractivity (Wildman–Crippen MR) is 46.7 cm³/mol. The number of phenolic OH excluding ortho intramolecular Hbond substituents is 1. The fourth-order valence-electron chi connectivity index (χ4n) is 0.912. The molecule has 0 saturated heterocycles. The van der Waals surface area contributed by atoms with Gasteiger partial charge in [-0.05, 0) is 12.1 Å². The Kier molecular flexibility index (Phi) is 3.38. The van der Waals surface area contributed by atoms with Gasteiger partial charge in [-0.25, -0.2) is 4.52 Å². The summed E-state index contributed by atoms with van der Waals surface area (Å²) in [4.78, 5) is 16.9. The molecule has 0 unspecified atom stereocenters. The van der Waals surface area contributed by atoms with E-state index in [1.807, 2.05) is 0 Å². The standard InChI is InChI=1S/C7H9O6P/c8-6-4-2-1-3-5(6)7(9,10)13-14(11)12/h1-4,8-12H. The maximum Gasteiger partial charge on any atom is 0.331 e. The minimum atomic E-state index is -2.94. The van der Waals surface area contributed by atoms with Crippen LogP contribution in [0.15, 0.2) is 24.3 Å². The number of rotatable bonds is 3. The molecule has 1 aromatic rings. The summed E-state index contributed by atoms with van der Waals surface area (Å²) >= 11 is 0. The van der Waals surface area contributed by atoms with E-state index in [-0.39, 0.29) is 5.56 Å². The molecule has 0 heterocycles. The van der Waals surface area contributed by atoms with Gasteiger partial charge in [-0.2, -0.15) is 0 Å². The van der Waals surface area contributed by atoms with Gasteiger partial charge in [0.1, 0.15) is 5.75 Å². The van der Waals surface area contributed by atoms with Crippen LogP contribution in [0.25, 0.3) is 0 Å². The van der Waals surface area contributed by atoms with Gasteiger partial charge in [0.05, 0.1) is 5.56 Å². The second-order valence-electron chi connectivity index (χ2n) is 2.47. The molecule has 0 aliphatic rings. The first kappa shape index (κ1) is 11.3. The molecule has 0 spiro atoms. The lowest BCUT2D eigenvalue weighted by Crippen LogP contribution is -2.26. The average molecular weight is 220 g/mol. The Bertz CT molecular complexity index is 313. The summed E-state index contributed by atoms with van der Waals surface area (Å²) in [6, 6.07) is 5.28. The van der Waals surface area contributed by atoms with Crippen LogP contribution in [0, 0.1) is 0 Å². The molecular formula is C7H9O6P. The van der Waals surface area contributed by atoms with Gasteiger partial charge < -0.3 is 25.1 Å². The van der Waals surface area contributed by atoms with Crippen LogP contribution in [0.4, 0.5) is 0 Å². The average Bonchev–Trinajstić information content (AvgIpc) is 2.02. The van der Waals surface area contributed by atoms with E-state index < -0.39 is 20.3 Å². The number of para-hydroxylation sites is 1. The molecule has 5 N–H and O–H groups in total. The fraction of sp³-hybridized carbons (Fsp3) is 0.143. The Hall–Kier alpha value is -0.750. The van der Waals surface area contributed by atoms with Crippen molar-refractivity contribution in [2.75, 3.05) is 0 Å². The Balaban J connectivity index is 2.97. The lowest BCUT2D eigenvalue weighted by atomic mass is 10.1. The van der Waals surface area contributed by atoms with E-state index in [4.69, 9.17) is 9.79 Å². The molecule has 0 aromatic heterocycles. The zero-order valence-corrected chi connectivity index (χ0v) is 7.80. The van der Waals surface area contributed by atoms with Crippen molar-refractivity contribution in [2.45, 2.75) is 5.97 Å². The van der Waals surface area contributed by atoms with Gasteiger partial charge >= 0.3 is 14.6 Å². The molecule has 14 heavy (non-hydrogen) atoms. The van der Waals surface area contributed by atoms with Crippen molar-refractivity contribution < 1.29 is 29.6 Å². The van der Waals surface area contributed by atoms with Gasteiger partial charge in [0.2, 0.25) is 0 Å². The third kappa shape index (κ3) is 2.62. The summed E-state index contributed by atoms with van der Waals surface area (Å²) in [6.45, 7) is 0. The largest absolute Gasteiger partial charge is 0.507 e. The minimum absolute atomic E-state index is 0.365. The molecule has 0 saturated carbocycles. The normalized spacial score (nSPS) is 12.1. The number of hydrogen-bond acceptors (Lipinski definition) is 6. The smallest absolute Gasteiger partial charge is 0.331 e. The number of benzene rings is 1. The van der Waals surface area contributed by atoms with Crippen LogP contribution in [-0.2, 0) is 10.5 Å². The first-order chi connectivity index (χ1) is 6.43. The highest BCUT2D eigenvalue weighted by Crippen LogP contribution is 2.38. The van der Waals surface area contributed by atoms with Crippen LogP contribution in [0.5, 0.6) is 5.75 Å². The Morgan fingerprint density at radius 2 is 1.71 bits per heavy atom. The van der Waals surface area contributed by atoms with E-state index in [0.717, 1.165) is 0 Å². The predicted octanol–water partition coefficient (Wildman–Crippen LogP) is -0.285. The van der Waals surface area contributed by atoms with Crippen molar-refractivity contribution in [1.82, 2.24) is 0 Å². The van der Waals surface area contributed by atoms with Crippen LogP contribution in [0.2, 0.25) is 0 Å². The van der Waals surface area contributed by atoms with Gasteiger partial charge in [-0.3, -0.25) is 0 Å². The zero-order chi connectivity index (χ0) is 10.8. The molecule has 6 nitrogen and oxygen atoms in total. The molecule has 0 atom stereocenters. The number of aromatic hydroxyl groups is 1. The third-order valence-electron chi connectivity index (χ3n) is 1.46. The molecule has 7 heteroatoms. The van der Waals surface area contributed by atoms with Gasteiger partial charge in [0.25, 0.3) is 0 Å². The molecule has 0 aliphatic carbocycles. The van der Waals surface area contributed by atoms with E-state index in [9.17, 15) is 15.3 Å². The highest BCUT2D eigenvalue weighted by molar-refractivity contribution is 7.39. The summed E-state index contributed by atoms with van der Waals surface area (Å²) in [5.74, 6) is -3.34. The molecule has 0 bridgehead atoms. The molecule has 0 radical (unpaired) electrons. The van der Waals surface area contributed by atoms with Crippen molar-refractivity contribution in [3.8, 4) is 5.75 Å². The van der Waals surface area contributed by atoms with Crippen LogP contribution in [0.3, 0.4) is 0 Å². The summed E-state index contributed by atoms with van der Waals surface area (Å²) in [5.41, 5.74) is -0.365. The minimum Gasteiger partial charge on any atom is -0.507 e. The first-order valence-corrected chi connectivity index (χ1v) is 4.70. The Morgan fingerprint density at radius 3 is 2.21 bits per heavy atom. The van der Waals surface area contributed by atoms with Crippen LogP contribution in [0.1, 0.15) is 5.56 Å². The topological polar surface area (TPSA) is 110 Å². The monoisotopic (exact) mass is 220 g/mol. The van der Waals surface area contributed by atoms with E-state index >= 15 is 0 Å². The number of aliphatic hydroxyl groups is 2. The van der Waals surface area contributed by atoms with E-state index in [0.29, 0.717) is 0 Å². The molecule has 78 valence electrons. The van der Waals surface area contributed by atoms with E-state index in [1.54, 1.807) is 0 Å². The van der Waals surface area contributed by atoms with Crippen molar-refractivity contribution in [1.29, 1.82) is 0 Å². The summed E-state index contributed by atoms with van der Waals surface area (Å²) in [5, 5.41) is 27.6. The van der Waals surface area contributed by atoms with E-state index in [1.165, 1.54) is 24.3 Å². The highest BCUT2D eigenvalue weighted by Gasteiger charge is 2.33. The maximum atomic E-state index is 9.21. The summed E-state index contributed by atoms with van der Waals surface area (Å²) in [6.07, 6.45) is 0.